The number of nitriles is 1. The van der Waals surface area contributed by atoms with E-state index in [1.165, 1.54) is 24.1 Å². The summed E-state index contributed by atoms with van der Waals surface area (Å²) in [5.74, 6) is -2.07. The number of carbonyl (C=O) groups is 2. The van der Waals surface area contributed by atoms with Gasteiger partial charge in [0.25, 0.3) is 5.91 Å². The van der Waals surface area contributed by atoms with Crippen molar-refractivity contribution >= 4 is 18.2 Å². The fraction of sp³-hybridized carbons (Fsp3) is 0.455. The quantitative estimate of drug-likeness (QED) is 0.217. The molecule has 1 aromatic carbocycles. The summed E-state index contributed by atoms with van der Waals surface area (Å²) in [5, 5.41) is 28.1. The first kappa shape index (κ1) is 24.0. The van der Waals surface area contributed by atoms with Crippen molar-refractivity contribution in [3.63, 3.8) is 0 Å². The molecule has 8 nitrogen and oxygen atoms in total. The molecule has 1 fully saturated rings. The highest BCUT2D eigenvalue weighted by atomic mass is 19.1. The van der Waals surface area contributed by atoms with Crippen LogP contribution in [0.1, 0.15) is 37.3 Å². The molecular formula is C22H28FN5O3. The van der Waals surface area contributed by atoms with Gasteiger partial charge in [0.05, 0.1) is 24.7 Å². The predicted molar refractivity (Wildman–Crippen MR) is 114 cm³/mol. The second-order valence-corrected chi connectivity index (χ2v) is 7.48. The lowest BCUT2D eigenvalue weighted by atomic mass is 10.1. The van der Waals surface area contributed by atoms with Crippen LogP contribution in [0.5, 0.6) is 0 Å². The molecule has 1 aliphatic rings. The van der Waals surface area contributed by atoms with Crippen LogP contribution in [0.15, 0.2) is 29.5 Å². The van der Waals surface area contributed by atoms with E-state index < -0.39 is 17.6 Å². The summed E-state index contributed by atoms with van der Waals surface area (Å²) in [6.45, 7) is 3.43. The van der Waals surface area contributed by atoms with Crippen molar-refractivity contribution in [3.8, 4) is 6.07 Å². The molecule has 9 heteroatoms. The number of likely N-dealkylation sites (N-methyl/N-ethyl adjacent to an activating group) is 1. The number of aliphatic hydroxyl groups is 1. The van der Waals surface area contributed by atoms with Gasteiger partial charge in [0.1, 0.15) is 23.0 Å². The first-order valence-electron chi connectivity index (χ1n) is 10.2. The summed E-state index contributed by atoms with van der Waals surface area (Å²) in [6, 6.07) is 5.64. The first-order chi connectivity index (χ1) is 14.8. The average Bonchev–Trinajstić information content (AvgIpc) is 2.78. The zero-order chi connectivity index (χ0) is 23.0. The number of hydrogen-bond acceptors (Lipinski definition) is 6. The van der Waals surface area contributed by atoms with Gasteiger partial charge >= 0.3 is 0 Å². The molecular weight excluding hydrogens is 401 g/mol. The lowest BCUT2D eigenvalue weighted by Gasteiger charge is -2.28. The van der Waals surface area contributed by atoms with Crippen molar-refractivity contribution in [2.45, 2.75) is 32.7 Å². The van der Waals surface area contributed by atoms with Gasteiger partial charge in [-0.05, 0) is 45.0 Å². The topological polar surface area (TPSA) is 112 Å². The molecule has 0 aromatic heterocycles. The highest BCUT2D eigenvalue weighted by molar-refractivity contribution is 6.21. The molecule has 0 saturated carbocycles. The molecule has 1 aromatic rings. The second-order valence-electron chi connectivity index (χ2n) is 7.48. The number of nitrogens with zero attached hydrogens (tertiary/aromatic N) is 4. The van der Waals surface area contributed by atoms with Gasteiger partial charge in [-0.1, -0.05) is 12.5 Å². The number of nitrogens with one attached hydrogen (secondary N) is 1. The summed E-state index contributed by atoms with van der Waals surface area (Å²) < 4.78 is 14.3. The normalized spacial score (nSPS) is 14.9. The van der Waals surface area contributed by atoms with Crippen LogP contribution >= 0.6 is 0 Å². The van der Waals surface area contributed by atoms with Gasteiger partial charge in [-0.15, -0.1) is 0 Å². The van der Waals surface area contributed by atoms with Crippen LogP contribution in [0.3, 0.4) is 0 Å². The highest BCUT2D eigenvalue weighted by Crippen LogP contribution is 2.18. The van der Waals surface area contributed by atoms with Crippen LogP contribution in [0, 0.1) is 22.6 Å². The van der Waals surface area contributed by atoms with E-state index in [0.29, 0.717) is 13.0 Å². The number of piperidine rings is 1. The monoisotopic (exact) mass is 429 g/mol. The van der Waals surface area contributed by atoms with E-state index in [9.17, 15) is 19.1 Å². The number of aliphatic hydroxyl groups excluding tert-OH is 1. The molecule has 166 valence electrons. The standard InChI is InChI=1S/C22H28FN5O3/c1-3-26(2)22(31)20(19(30)14-27-9-5-4-6-10-27)21(25)28(15-29)13-17-8-7-16(12-24)11-18(17)23/h7-8,11,15,25,30H,3-6,9-10,13-14H2,1-2H3. The van der Waals surface area contributed by atoms with E-state index in [1.54, 1.807) is 6.92 Å². The molecule has 0 unspecified atom stereocenters. The molecule has 0 atom stereocenters. The van der Waals surface area contributed by atoms with E-state index in [-0.39, 0.29) is 35.5 Å². The van der Waals surface area contributed by atoms with Crippen LogP contribution in [0.25, 0.3) is 0 Å². The first-order valence-corrected chi connectivity index (χ1v) is 10.2. The number of carbonyl (C=O) groups excluding carboxylic acids is 2. The van der Waals surface area contributed by atoms with E-state index in [4.69, 9.17) is 10.7 Å². The van der Waals surface area contributed by atoms with Gasteiger partial charge in [0, 0.05) is 19.2 Å². The van der Waals surface area contributed by atoms with Crippen molar-refractivity contribution in [3.05, 3.63) is 46.5 Å². The van der Waals surface area contributed by atoms with Gasteiger partial charge in [-0.2, -0.15) is 5.26 Å². The van der Waals surface area contributed by atoms with Gasteiger partial charge < -0.3 is 10.0 Å². The number of likely N-dealkylation sites (tertiary alicyclic amines) is 1. The zero-order valence-corrected chi connectivity index (χ0v) is 17.9. The minimum absolute atomic E-state index is 0.0852. The van der Waals surface area contributed by atoms with Gasteiger partial charge in [0.2, 0.25) is 6.41 Å². The molecule has 1 heterocycles. The third-order valence-electron chi connectivity index (χ3n) is 5.32. The van der Waals surface area contributed by atoms with Crippen LogP contribution in [-0.4, -0.2) is 71.2 Å². The Morgan fingerprint density at radius 2 is 2.03 bits per heavy atom. The summed E-state index contributed by atoms with van der Waals surface area (Å²) >= 11 is 0. The third kappa shape index (κ3) is 6.12. The van der Waals surface area contributed by atoms with Crippen LogP contribution in [0.4, 0.5) is 4.39 Å². The third-order valence-corrected chi connectivity index (χ3v) is 5.32. The number of amides is 2. The van der Waals surface area contributed by atoms with E-state index in [1.807, 2.05) is 11.0 Å². The van der Waals surface area contributed by atoms with Crippen molar-refractivity contribution in [2.24, 2.45) is 0 Å². The molecule has 1 aliphatic heterocycles. The molecule has 0 spiro atoms. The molecule has 0 aliphatic carbocycles. The minimum atomic E-state index is -0.696. The maximum atomic E-state index is 14.3. The van der Waals surface area contributed by atoms with Crippen molar-refractivity contribution < 1.29 is 19.1 Å². The van der Waals surface area contributed by atoms with E-state index in [0.717, 1.165) is 43.3 Å². The maximum absolute atomic E-state index is 14.3. The molecule has 2 N–H and O–H groups in total. The summed E-state index contributed by atoms with van der Waals surface area (Å²) in [5.41, 5.74) is -0.0634. The Labute approximate surface area is 181 Å². The Morgan fingerprint density at radius 3 is 2.58 bits per heavy atom. The highest BCUT2D eigenvalue weighted by Gasteiger charge is 2.28. The lowest BCUT2D eigenvalue weighted by Crippen LogP contribution is -2.40. The Balaban J connectivity index is 2.35. The van der Waals surface area contributed by atoms with Crippen molar-refractivity contribution in [2.75, 3.05) is 33.2 Å². The molecule has 2 amide bonds. The predicted octanol–water partition coefficient (Wildman–Crippen LogP) is 2.41. The largest absolute Gasteiger partial charge is 0.510 e. The molecule has 31 heavy (non-hydrogen) atoms. The van der Waals surface area contributed by atoms with Gasteiger partial charge in [-0.25, -0.2) is 4.39 Å². The van der Waals surface area contributed by atoms with E-state index in [2.05, 4.69) is 0 Å². The number of amidine groups is 1. The fourth-order valence-corrected chi connectivity index (χ4v) is 3.35. The summed E-state index contributed by atoms with van der Waals surface area (Å²) in [6.07, 6.45) is 3.41. The smallest absolute Gasteiger partial charge is 0.260 e. The maximum Gasteiger partial charge on any atom is 0.260 e. The summed E-state index contributed by atoms with van der Waals surface area (Å²) in [7, 11) is 1.54. The molecule has 0 bridgehead atoms. The fourth-order valence-electron chi connectivity index (χ4n) is 3.35. The Hall–Kier alpha value is -3.25. The number of halogens is 1. The van der Waals surface area contributed by atoms with Crippen molar-refractivity contribution in [1.82, 2.24) is 14.7 Å². The van der Waals surface area contributed by atoms with Gasteiger partial charge in [-0.3, -0.25) is 24.8 Å². The Kier molecular flexibility index (Phi) is 8.70. The van der Waals surface area contributed by atoms with Crippen LogP contribution in [0.2, 0.25) is 0 Å². The molecule has 0 radical (unpaired) electrons. The molecule has 1 saturated heterocycles. The number of benzene rings is 1. The van der Waals surface area contributed by atoms with Crippen LogP contribution in [-0.2, 0) is 16.1 Å². The average molecular weight is 429 g/mol. The number of rotatable bonds is 8. The van der Waals surface area contributed by atoms with Crippen molar-refractivity contribution in [1.29, 1.82) is 10.7 Å². The van der Waals surface area contributed by atoms with Gasteiger partial charge in [0.15, 0.2) is 0 Å². The Bertz CT molecular complexity index is 903. The van der Waals surface area contributed by atoms with Crippen LogP contribution < -0.4 is 0 Å². The SMILES string of the molecule is CCN(C)C(=O)C(C(=N)N(C=O)Cc1ccc(C#N)cc1F)=C(O)CN1CCCCC1. The summed E-state index contributed by atoms with van der Waals surface area (Å²) in [4.78, 5) is 28.9. The zero-order valence-electron chi connectivity index (χ0n) is 17.9. The minimum Gasteiger partial charge on any atom is -0.510 e. The lowest BCUT2D eigenvalue weighted by molar-refractivity contribution is -0.125. The molecule has 2 rings (SSSR count). The number of hydrogen-bond donors (Lipinski definition) is 2. The second kappa shape index (κ2) is 11.2. The Morgan fingerprint density at radius 1 is 1.35 bits per heavy atom. The van der Waals surface area contributed by atoms with E-state index >= 15 is 0 Å².